The molecule has 3 nitrogen and oxygen atoms in total. The molecule has 96 valence electrons. The number of rotatable bonds is 2. The topological polar surface area (TPSA) is 27.1 Å². The molecule has 1 aliphatic heterocycles. The lowest BCUT2D eigenvalue weighted by molar-refractivity contribution is 0.00318. The standard InChI is InChI=1S/C14H17ClN2O/c1-3-10-4-5-14(18-10)17-8-16-12-6-9(2)11(15)7-13(12)17/h6-8,10,14H,3-5H2,1-2H3. The number of fused-ring (bicyclic) bond motifs is 1. The molecule has 1 fully saturated rings. The van der Waals surface area contributed by atoms with Crippen molar-refractivity contribution in [3.05, 3.63) is 29.0 Å². The largest absolute Gasteiger partial charge is 0.355 e. The Kier molecular flexibility index (Phi) is 3.04. The van der Waals surface area contributed by atoms with Crippen LogP contribution in [-0.2, 0) is 4.74 Å². The average molecular weight is 265 g/mol. The molecule has 2 heterocycles. The molecule has 0 saturated carbocycles. The zero-order chi connectivity index (χ0) is 12.7. The van der Waals surface area contributed by atoms with Gasteiger partial charge < -0.3 is 9.30 Å². The van der Waals surface area contributed by atoms with Crippen molar-refractivity contribution in [2.45, 2.75) is 45.4 Å². The van der Waals surface area contributed by atoms with Gasteiger partial charge in [0.15, 0.2) is 0 Å². The molecule has 2 unspecified atom stereocenters. The molecule has 4 heteroatoms. The summed E-state index contributed by atoms with van der Waals surface area (Å²) in [6.45, 7) is 4.17. The fraction of sp³-hybridized carbons (Fsp3) is 0.500. The molecule has 1 saturated heterocycles. The Bertz CT molecular complexity index is 578. The first kappa shape index (κ1) is 12.0. The molecule has 0 bridgehead atoms. The van der Waals surface area contributed by atoms with Gasteiger partial charge in [-0.05, 0) is 43.9 Å². The van der Waals surface area contributed by atoms with Gasteiger partial charge in [-0.2, -0.15) is 0 Å². The Morgan fingerprint density at radius 1 is 1.44 bits per heavy atom. The maximum Gasteiger partial charge on any atom is 0.135 e. The maximum atomic E-state index is 6.20. The molecule has 3 rings (SSSR count). The van der Waals surface area contributed by atoms with Gasteiger partial charge in [-0.15, -0.1) is 0 Å². The van der Waals surface area contributed by atoms with E-state index in [1.165, 1.54) is 0 Å². The molecule has 0 radical (unpaired) electrons. The van der Waals surface area contributed by atoms with E-state index >= 15 is 0 Å². The van der Waals surface area contributed by atoms with Crippen LogP contribution in [0.25, 0.3) is 11.0 Å². The van der Waals surface area contributed by atoms with Crippen molar-refractivity contribution in [2.75, 3.05) is 0 Å². The summed E-state index contributed by atoms with van der Waals surface area (Å²) >= 11 is 6.20. The molecule has 1 aromatic carbocycles. The summed E-state index contributed by atoms with van der Waals surface area (Å²) in [7, 11) is 0. The van der Waals surface area contributed by atoms with Crippen LogP contribution in [0.2, 0.25) is 5.02 Å². The Morgan fingerprint density at radius 2 is 2.28 bits per heavy atom. The second-order valence-electron chi connectivity index (χ2n) is 4.94. The minimum Gasteiger partial charge on any atom is -0.355 e. The molecule has 0 spiro atoms. The SMILES string of the molecule is CCC1CCC(n2cnc3cc(C)c(Cl)cc32)O1. The van der Waals surface area contributed by atoms with E-state index < -0.39 is 0 Å². The Hall–Kier alpha value is -1.06. The summed E-state index contributed by atoms with van der Waals surface area (Å²) in [5, 5.41) is 0.786. The summed E-state index contributed by atoms with van der Waals surface area (Å²) in [4.78, 5) is 4.44. The number of hydrogen-bond acceptors (Lipinski definition) is 2. The van der Waals surface area contributed by atoms with Crippen LogP contribution in [0.5, 0.6) is 0 Å². The molecule has 0 amide bonds. The fourth-order valence-electron chi connectivity index (χ4n) is 2.57. The van der Waals surface area contributed by atoms with Gasteiger partial charge >= 0.3 is 0 Å². The molecule has 0 N–H and O–H groups in total. The van der Waals surface area contributed by atoms with E-state index in [1.54, 1.807) is 0 Å². The van der Waals surface area contributed by atoms with Gasteiger partial charge in [-0.3, -0.25) is 0 Å². The quantitative estimate of drug-likeness (QED) is 0.817. The normalized spacial score (nSPS) is 23.9. The monoisotopic (exact) mass is 264 g/mol. The van der Waals surface area contributed by atoms with Crippen molar-refractivity contribution in [1.29, 1.82) is 0 Å². The second kappa shape index (κ2) is 4.56. The van der Waals surface area contributed by atoms with Gasteiger partial charge in [0.25, 0.3) is 0 Å². The van der Waals surface area contributed by atoms with Crippen LogP contribution in [0.3, 0.4) is 0 Å². The Balaban J connectivity index is 2.00. The van der Waals surface area contributed by atoms with Crippen LogP contribution in [0.15, 0.2) is 18.5 Å². The third kappa shape index (κ3) is 1.91. The first-order chi connectivity index (χ1) is 8.69. The lowest BCUT2D eigenvalue weighted by Crippen LogP contribution is -2.09. The molecule has 1 aliphatic rings. The van der Waals surface area contributed by atoms with Crippen LogP contribution in [0.1, 0.15) is 38.0 Å². The van der Waals surface area contributed by atoms with Crippen LogP contribution >= 0.6 is 11.6 Å². The minimum atomic E-state index is 0.110. The zero-order valence-electron chi connectivity index (χ0n) is 10.7. The van der Waals surface area contributed by atoms with Crippen LogP contribution in [0, 0.1) is 6.92 Å². The number of hydrogen-bond donors (Lipinski definition) is 0. The number of imidazole rings is 1. The number of aromatic nitrogens is 2. The van der Waals surface area contributed by atoms with Crippen LogP contribution in [-0.4, -0.2) is 15.7 Å². The molecule has 2 aromatic rings. The Labute approximate surface area is 112 Å². The second-order valence-corrected chi connectivity index (χ2v) is 5.35. The summed E-state index contributed by atoms with van der Waals surface area (Å²) < 4.78 is 8.12. The van der Waals surface area contributed by atoms with Crippen molar-refractivity contribution in [2.24, 2.45) is 0 Å². The number of nitrogens with zero attached hydrogens (tertiary/aromatic N) is 2. The predicted octanol–water partition coefficient (Wildman–Crippen LogP) is 4.09. The van der Waals surface area contributed by atoms with Crippen molar-refractivity contribution in [1.82, 2.24) is 9.55 Å². The van der Waals surface area contributed by atoms with Gasteiger partial charge in [0.2, 0.25) is 0 Å². The number of halogens is 1. The summed E-state index contributed by atoms with van der Waals surface area (Å²) in [6.07, 6.45) is 5.61. The summed E-state index contributed by atoms with van der Waals surface area (Å²) in [5.74, 6) is 0. The maximum absolute atomic E-state index is 6.20. The van der Waals surface area contributed by atoms with E-state index in [0.717, 1.165) is 40.9 Å². The smallest absolute Gasteiger partial charge is 0.135 e. The van der Waals surface area contributed by atoms with Gasteiger partial charge in [-0.1, -0.05) is 18.5 Å². The molecule has 0 aliphatic carbocycles. The van der Waals surface area contributed by atoms with E-state index in [1.807, 2.05) is 25.4 Å². The highest BCUT2D eigenvalue weighted by Crippen LogP contribution is 2.33. The number of benzene rings is 1. The van der Waals surface area contributed by atoms with Crippen LogP contribution < -0.4 is 0 Å². The number of ether oxygens (including phenoxy) is 1. The van der Waals surface area contributed by atoms with Crippen molar-refractivity contribution < 1.29 is 4.74 Å². The highest BCUT2D eigenvalue weighted by Gasteiger charge is 2.26. The van der Waals surface area contributed by atoms with Crippen molar-refractivity contribution >= 4 is 22.6 Å². The highest BCUT2D eigenvalue weighted by molar-refractivity contribution is 6.32. The molecule has 1 aromatic heterocycles. The van der Waals surface area contributed by atoms with Gasteiger partial charge in [0, 0.05) is 5.02 Å². The number of aryl methyl sites for hydroxylation is 1. The first-order valence-electron chi connectivity index (χ1n) is 6.47. The third-order valence-corrected chi connectivity index (χ3v) is 4.11. The van der Waals surface area contributed by atoms with E-state index in [4.69, 9.17) is 16.3 Å². The van der Waals surface area contributed by atoms with Gasteiger partial charge in [0.1, 0.15) is 6.23 Å². The average Bonchev–Trinajstić information content (AvgIpc) is 2.96. The minimum absolute atomic E-state index is 0.110. The zero-order valence-corrected chi connectivity index (χ0v) is 11.4. The lowest BCUT2D eigenvalue weighted by atomic mass is 10.2. The molecule has 2 atom stereocenters. The Morgan fingerprint density at radius 3 is 3.00 bits per heavy atom. The molecule has 18 heavy (non-hydrogen) atoms. The third-order valence-electron chi connectivity index (χ3n) is 3.71. The first-order valence-corrected chi connectivity index (χ1v) is 6.85. The van der Waals surface area contributed by atoms with E-state index in [-0.39, 0.29) is 6.23 Å². The lowest BCUT2D eigenvalue weighted by Gasteiger charge is -2.15. The van der Waals surface area contributed by atoms with E-state index in [0.29, 0.717) is 6.10 Å². The molecular weight excluding hydrogens is 248 g/mol. The van der Waals surface area contributed by atoms with Crippen molar-refractivity contribution in [3.63, 3.8) is 0 Å². The highest BCUT2D eigenvalue weighted by atomic mass is 35.5. The summed E-state index contributed by atoms with van der Waals surface area (Å²) in [6, 6.07) is 4.02. The van der Waals surface area contributed by atoms with Crippen LogP contribution in [0.4, 0.5) is 0 Å². The van der Waals surface area contributed by atoms with E-state index in [2.05, 4.69) is 16.5 Å². The fourth-order valence-corrected chi connectivity index (χ4v) is 2.73. The van der Waals surface area contributed by atoms with Gasteiger partial charge in [0.05, 0.1) is 23.5 Å². The van der Waals surface area contributed by atoms with Gasteiger partial charge in [-0.25, -0.2) is 4.98 Å². The van der Waals surface area contributed by atoms with E-state index in [9.17, 15) is 0 Å². The summed E-state index contributed by atoms with van der Waals surface area (Å²) in [5.41, 5.74) is 3.11. The van der Waals surface area contributed by atoms with Crippen molar-refractivity contribution in [3.8, 4) is 0 Å². The molecular formula is C14H17ClN2O. The predicted molar refractivity (Wildman–Crippen MR) is 72.9 cm³/mol.